The molecule has 1 aromatic carbocycles. The molecule has 1 aromatic rings. The summed E-state index contributed by atoms with van der Waals surface area (Å²) in [5.41, 5.74) is 0.647. The number of methoxy groups -OCH3 is 1. The zero-order valence-electron chi connectivity index (χ0n) is 14.9. The molecule has 11 heteroatoms. The molecule has 0 aromatic heterocycles. The number of esters is 1. The van der Waals surface area contributed by atoms with E-state index >= 15 is 0 Å². The Bertz CT molecular complexity index is 856. The first-order chi connectivity index (χ1) is 13.3. The number of hydrogen-bond donors (Lipinski definition) is 1. The maximum atomic E-state index is 12.4. The van der Waals surface area contributed by atoms with Crippen molar-refractivity contribution in [2.75, 3.05) is 26.9 Å². The highest BCUT2D eigenvalue weighted by Crippen LogP contribution is 2.37. The van der Waals surface area contributed by atoms with Crippen molar-refractivity contribution in [1.29, 1.82) is 0 Å². The van der Waals surface area contributed by atoms with E-state index in [0.717, 1.165) is 16.7 Å². The Hall–Kier alpha value is -1.86. The van der Waals surface area contributed by atoms with Crippen molar-refractivity contribution in [2.45, 2.75) is 6.92 Å². The third-order valence-corrected chi connectivity index (χ3v) is 5.54. The summed E-state index contributed by atoms with van der Waals surface area (Å²) >= 11 is 8.16. The van der Waals surface area contributed by atoms with E-state index in [1.165, 1.54) is 7.11 Å². The smallest absolute Gasteiger partial charge is 0.343 e. The van der Waals surface area contributed by atoms with E-state index in [0.29, 0.717) is 32.1 Å². The second kappa shape index (κ2) is 10.1. The van der Waals surface area contributed by atoms with E-state index in [1.54, 1.807) is 25.1 Å². The molecular weight excluding hydrogens is 521 g/mol. The number of carboxylic acid groups (broad SMARTS) is 1. The molecular formula is C17H16INO7S2. The topological polar surface area (TPSA) is 102 Å². The van der Waals surface area contributed by atoms with Crippen LogP contribution in [0.4, 0.5) is 0 Å². The summed E-state index contributed by atoms with van der Waals surface area (Å²) in [7, 11) is 1.27. The van der Waals surface area contributed by atoms with Gasteiger partial charge in [-0.3, -0.25) is 14.5 Å². The molecule has 1 saturated heterocycles. The van der Waals surface area contributed by atoms with Gasteiger partial charge in [0.2, 0.25) is 0 Å². The molecule has 0 radical (unpaired) electrons. The molecule has 1 aliphatic rings. The predicted molar refractivity (Wildman–Crippen MR) is 115 cm³/mol. The first-order valence-electron chi connectivity index (χ1n) is 7.90. The van der Waals surface area contributed by atoms with Crippen LogP contribution in [0.1, 0.15) is 12.5 Å². The molecule has 0 unspecified atom stereocenters. The number of rotatable bonds is 8. The standard InChI is InChI=1S/C17H16INO7S2/c1-3-25-11-5-9(4-10(18)15(11)26-8-14(22)24-2)6-12-16(23)19(7-13(20)21)17(27)28-12/h4-6H,3,7-8H2,1-2H3,(H,20,21)/b12-6+. The summed E-state index contributed by atoms with van der Waals surface area (Å²) < 4.78 is 16.5. The number of hydrogen-bond acceptors (Lipinski definition) is 8. The third kappa shape index (κ3) is 5.58. The number of carbonyl (C=O) groups is 3. The fraction of sp³-hybridized carbons (Fsp3) is 0.294. The molecule has 2 rings (SSSR count). The quantitative estimate of drug-likeness (QED) is 0.232. The predicted octanol–water partition coefficient (Wildman–Crippen LogP) is 2.53. The first kappa shape index (κ1) is 22.4. The van der Waals surface area contributed by atoms with Crippen molar-refractivity contribution >= 4 is 74.8 Å². The van der Waals surface area contributed by atoms with Crippen molar-refractivity contribution in [3.8, 4) is 11.5 Å². The van der Waals surface area contributed by atoms with Crippen LogP contribution >= 0.6 is 46.6 Å². The maximum absolute atomic E-state index is 12.4. The maximum Gasteiger partial charge on any atom is 0.343 e. The number of thioether (sulfide) groups is 1. The Morgan fingerprint density at radius 3 is 2.68 bits per heavy atom. The van der Waals surface area contributed by atoms with Crippen molar-refractivity contribution in [1.82, 2.24) is 4.90 Å². The van der Waals surface area contributed by atoms with Crippen molar-refractivity contribution in [3.05, 3.63) is 26.2 Å². The highest BCUT2D eigenvalue weighted by Gasteiger charge is 2.33. The number of halogens is 1. The lowest BCUT2D eigenvalue weighted by Gasteiger charge is -2.14. The number of carboxylic acids is 1. The van der Waals surface area contributed by atoms with Gasteiger partial charge in [0.05, 0.1) is 22.2 Å². The highest BCUT2D eigenvalue weighted by atomic mass is 127. The molecule has 0 saturated carbocycles. The van der Waals surface area contributed by atoms with E-state index in [-0.39, 0.29) is 10.9 Å². The number of amides is 1. The van der Waals surface area contributed by atoms with Gasteiger partial charge in [0.15, 0.2) is 18.1 Å². The van der Waals surface area contributed by atoms with Crippen molar-refractivity contribution in [2.24, 2.45) is 0 Å². The van der Waals surface area contributed by atoms with E-state index < -0.39 is 24.4 Å². The van der Waals surface area contributed by atoms with Gasteiger partial charge in [0.1, 0.15) is 10.9 Å². The average Bonchev–Trinajstić information content (AvgIpc) is 2.88. The second-order valence-corrected chi connectivity index (χ2v) is 8.13. The zero-order chi connectivity index (χ0) is 20.8. The Balaban J connectivity index is 2.32. The number of carbonyl (C=O) groups excluding carboxylic acids is 2. The summed E-state index contributed by atoms with van der Waals surface area (Å²) in [4.78, 5) is 36.0. The summed E-state index contributed by atoms with van der Waals surface area (Å²) in [5.74, 6) is -1.33. The van der Waals surface area contributed by atoms with Crippen LogP contribution in [0.25, 0.3) is 6.08 Å². The fourth-order valence-electron chi connectivity index (χ4n) is 2.19. The Kier molecular flexibility index (Phi) is 8.07. The first-order valence-corrected chi connectivity index (χ1v) is 10.2. The molecule has 1 amide bonds. The van der Waals surface area contributed by atoms with Crippen molar-refractivity contribution in [3.63, 3.8) is 0 Å². The summed E-state index contributed by atoms with van der Waals surface area (Å²) in [6.45, 7) is 1.43. The molecule has 1 aliphatic heterocycles. The molecule has 1 heterocycles. The second-order valence-electron chi connectivity index (χ2n) is 5.29. The van der Waals surface area contributed by atoms with E-state index in [2.05, 4.69) is 4.74 Å². The average molecular weight is 537 g/mol. The Morgan fingerprint density at radius 1 is 1.36 bits per heavy atom. The lowest BCUT2D eigenvalue weighted by atomic mass is 10.2. The lowest BCUT2D eigenvalue weighted by Crippen LogP contribution is -2.33. The summed E-state index contributed by atoms with van der Waals surface area (Å²) in [5, 5.41) is 8.91. The number of nitrogens with zero attached hydrogens (tertiary/aromatic N) is 1. The summed E-state index contributed by atoms with van der Waals surface area (Å²) in [6, 6.07) is 3.42. The third-order valence-electron chi connectivity index (χ3n) is 3.36. The number of ether oxygens (including phenoxy) is 3. The van der Waals surface area contributed by atoms with Crippen LogP contribution in [0.2, 0.25) is 0 Å². The van der Waals surface area contributed by atoms with Gasteiger partial charge in [-0.1, -0.05) is 24.0 Å². The molecule has 0 aliphatic carbocycles. The van der Waals surface area contributed by atoms with Gasteiger partial charge in [-0.05, 0) is 53.3 Å². The van der Waals surface area contributed by atoms with Crippen LogP contribution in [0, 0.1) is 3.57 Å². The Labute approximate surface area is 184 Å². The van der Waals surface area contributed by atoms with Crippen LogP contribution in [0.15, 0.2) is 17.0 Å². The van der Waals surface area contributed by atoms with Gasteiger partial charge in [-0.15, -0.1) is 0 Å². The molecule has 150 valence electrons. The van der Waals surface area contributed by atoms with Crippen LogP contribution in [-0.2, 0) is 19.1 Å². The van der Waals surface area contributed by atoms with Crippen LogP contribution < -0.4 is 9.47 Å². The molecule has 1 fully saturated rings. The summed E-state index contributed by atoms with van der Waals surface area (Å²) in [6.07, 6.45) is 1.61. The van der Waals surface area contributed by atoms with E-state index in [1.807, 2.05) is 22.6 Å². The molecule has 8 nitrogen and oxygen atoms in total. The molecule has 1 N–H and O–H groups in total. The van der Waals surface area contributed by atoms with Crippen LogP contribution in [0.3, 0.4) is 0 Å². The minimum atomic E-state index is -1.14. The molecule has 0 bridgehead atoms. The number of thiocarbonyl (C=S) groups is 1. The monoisotopic (exact) mass is 537 g/mol. The molecule has 0 spiro atoms. The highest BCUT2D eigenvalue weighted by molar-refractivity contribution is 14.1. The minimum absolute atomic E-state index is 0.191. The zero-order valence-corrected chi connectivity index (χ0v) is 18.7. The largest absolute Gasteiger partial charge is 0.490 e. The lowest BCUT2D eigenvalue weighted by molar-refractivity contribution is -0.143. The van der Waals surface area contributed by atoms with Crippen molar-refractivity contribution < 1.29 is 33.7 Å². The van der Waals surface area contributed by atoms with Gasteiger partial charge < -0.3 is 19.3 Å². The normalized spacial score (nSPS) is 15.1. The van der Waals surface area contributed by atoms with Crippen LogP contribution in [0.5, 0.6) is 11.5 Å². The Morgan fingerprint density at radius 2 is 2.07 bits per heavy atom. The van der Waals surface area contributed by atoms with E-state index in [4.69, 9.17) is 26.8 Å². The molecule has 28 heavy (non-hydrogen) atoms. The van der Waals surface area contributed by atoms with E-state index in [9.17, 15) is 14.4 Å². The van der Waals surface area contributed by atoms with Gasteiger partial charge in [0, 0.05) is 0 Å². The van der Waals surface area contributed by atoms with Gasteiger partial charge in [0.25, 0.3) is 5.91 Å². The van der Waals surface area contributed by atoms with Crippen LogP contribution in [-0.4, -0.2) is 59.0 Å². The number of benzene rings is 1. The molecule has 0 atom stereocenters. The van der Waals surface area contributed by atoms with Gasteiger partial charge in [-0.25, -0.2) is 4.79 Å². The van der Waals surface area contributed by atoms with Gasteiger partial charge >= 0.3 is 11.9 Å². The fourth-order valence-corrected chi connectivity index (χ4v) is 4.22. The van der Waals surface area contributed by atoms with Gasteiger partial charge in [-0.2, -0.15) is 0 Å². The number of aliphatic carboxylic acids is 1. The SMILES string of the molecule is CCOc1cc(/C=C2/SC(=S)N(CC(=O)O)C2=O)cc(I)c1OCC(=O)OC. The minimum Gasteiger partial charge on any atom is -0.490 e.